The molecular weight excluding hydrogens is 504 g/mol. The first kappa shape index (κ1) is 26.2. The van der Waals surface area contributed by atoms with E-state index in [-0.39, 0.29) is 16.2 Å². The smallest absolute Gasteiger partial charge is 0.145 e. The third-order valence-electron chi connectivity index (χ3n) is 8.70. The molecule has 3 nitrogen and oxygen atoms in total. The molecule has 0 saturated heterocycles. The highest BCUT2D eigenvalue weighted by molar-refractivity contribution is 5.96. The van der Waals surface area contributed by atoms with Crippen molar-refractivity contribution in [3.8, 4) is 11.3 Å². The maximum atomic E-state index is 6.76. The third kappa shape index (κ3) is 4.41. The lowest BCUT2D eigenvalue weighted by Gasteiger charge is -2.20. The second kappa shape index (κ2) is 8.41. The number of benzene rings is 3. The van der Waals surface area contributed by atoms with Gasteiger partial charge in [-0.15, -0.1) is 0 Å². The summed E-state index contributed by atoms with van der Waals surface area (Å²) >= 11 is 0. The highest BCUT2D eigenvalue weighted by Gasteiger charge is 2.26. The van der Waals surface area contributed by atoms with Crippen LogP contribution in [-0.2, 0) is 29.1 Å². The van der Waals surface area contributed by atoms with E-state index in [4.69, 9.17) is 13.3 Å². The normalized spacial score (nSPS) is 14.3. The van der Waals surface area contributed by atoms with Gasteiger partial charge >= 0.3 is 0 Å². The van der Waals surface area contributed by atoms with Gasteiger partial charge < -0.3 is 13.3 Å². The van der Waals surface area contributed by atoms with E-state index in [1.54, 1.807) is 0 Å². The Bertz CT molecular complexity index is 1980. The van der Waals surface area contributed by atoms with E-state index in [1.807, 2.05) is 0 Å². The predicted molar refractivity (Wildman–Crippen MR) is 169 cm³/mol. The quantitative estimate of drug-likeness (QED) is 0.191. The Morgan fingerprint density at radius 3 is 1.37 bits per heavy atom. The van der Waals surface area contributed by atoms with Crippen LogP contribution in [0, 0.1) is 0 Å². The predicted octanol–water partition coefficient (Wildman–Crippen LogP) is 11.0. The highest BCUT2D eigenvalue weighted by Crippen LogP contribution is 2.42. The standard InChI is InChI=1S/C38H40O3/c1-36(2,3)26-10-21-15-29-17-23-12-27(37(4,5)6)14-25-19-32(41-34(23)25)31-20-28(38(7,8)9)13-24-18-30(40-35(24)31)16-22(11-26)33(21)39-29/h10-15,18-20H,16-17H2,1-9H3. The average Bonchev–Trinajstić information content (AvgIpc) is 3.56. The van der Waals surface area contributed by atoms with E-state index in [1.165, 1.54) is 22.3 Å². The molecule has 0 atom stereocenters. The summed E-state index contributed by atoms with van der Waals surface area (Å²) in [6.45, 7) is 20.4. The van der Waals surface area contributed by atoms with E-state index in [2.05, 4.69) is 117 Å². The van der Waals surface area contributed by atoms with Crippen LogP contribution in [0.25, 0.3) is 44.2 Å². The molecule has 0 unspecified atom stereocenters. The Labute approximate surface area is 242 Å². The molecule has 6 aromatic rings. The molecule has 210 valence electrons. The second-order valence-corrected chi connectivity index (χ2v) is 15.2. The van der Waals surface area contributed by atoms with Crippen molar-refractivity contribution in [2.24, 2.45) is 0 Å². The minimum Gasteiger partial charge on any atom is -0.460 e. The molecule has 1 aliphatic heterocycles. The van der Waals surface area contributed by atoms with Crippen LogP contribution in [0.3, 0.4) is 0 Å². The summed E-state index contributed by atoms with van der Waals surface area (Å²) in [5.41, 5.74) is 9.93. The topological polar surface area (TPSA) is 39.4 Å². The molecule has 0 saturated carbocycles. The Morgan fingerprint density at radius 1 is 0.439 bits per heavy atom. The van der Waals surface area contributed by atoms with Crippen molar-refractivity contribution in [3.05, 3.63) is 93.9 Å². The van der Waals surface area contributed by atoms with Gasteiger partial charge in [0, 0.05) is 40.1 Å². The fourth-order valence-corrected chi connectivity index (χ4v) is 6.14. The van der Waals surface area contributed by atoms with Gasteiger partial charge in [-0.05, 0) is 75.4 Å². The minimum absolute atomic E-state index is 0.00127. The first-order valence-electron chi connectivity index (χ1n) is 14.8. The minimum atomic E-state index is -0.0165. The number of rotatable bonds is 0. The molecule has 6 bridgehead atoms. The largest absolute Gasteiger partial charge is 0.460 e. The molecule has 3 aromatic carbocycles. The van der Waals surface area contributed by atoms with Crippen LogP contribution in [-0.4, -0.2) is 0 Å². The number of fused-ring (bicyclic) bond motifs is 4. The van der Waals surface area contributed by atoms with E-state index in [0.29, 0.717) is 12.8 Å². The fourth-order valence-electron chi connectivity index (χ4n) is 6.14. The second-order valence-electron chi connectivity index (χ2n) is 15.2. The summed E-state index contributed by atoms with van der Waals surface area (Å²) in [7, 11) is 0. The summed E-state index contributed by atoms with van der Waals surface area (Å²) in [5.74, 6) is 2.73. The summed E-state index contributed by atoms with van der Waals surface area (Å²) < 4.78 is 20.1. The van der Waals surface area contributed by atoms with Crippen LogP contribution in [0.5, 0.6) is 0 Å². The van der Waals surface area contributed by atoms with E-state index in [0.717, 1.165) is 61.3 Å². The van der Waals surface area contributed by atoms with Crippen LogP contribution in [0.2, 0.25) is 0 Å². The molecule has 3 aromatic heterocycles. The zero-order chi connectivity index (χ0) is 29.1. The lowest BCUT2D eigenvalue weighted by Crippen LogP contribution is -2.11. The molecule has 0 spiro atoms. The molecule has 0 amide bonds. The maximum Gasteiger partial charge on any atom is 0.145 e. The molecule has 7 rings (SSSR count). The number of furan rings is 3. The maximum absolute atomic E-state index is 6.76. The molecule has 1 aliphatic rings. The molecule has 0 fully saturated rings. The molecule has 0 aliphatic carbocycles. The Morgan fingerprint density at radius 2 is 0.854 bits per heavy atom. The zero-order valence-electron chi connectivity index (χ0n) is 25.8. The monoisotopic (exact) mass is 544 g/mol. The van der Waals surface area contributed by atoms with E-state index < -0.39 is 0 Å². The fraction of sp³-hybridized carbons (Fsp3) is 0.368. The number of hydrogen-bond donors (Lipinski definition) is 0. The average molecular weight is 545 g/mol. The Balaban J connectivity index is 1.59. The van der Waals surface area contributed by atoms with Gasteiger partial charge in [0.25, 0.3) is 0 Å². The van der Waals surface area contributed by atoms with Crippen LogP contribution < -0.4 is 0 Å². The van der Waals surface area contributed by atoms with Crippen molar-refractivity contribution < 1.29 is 13.3 Å². The first-order chi connectivity index (χ1) is 19.1. The van der Waals surface area contributed by atoms with Gasteiger partial charge in [-0.25, -0.2) is 0 Å². The summed E-state index contributed by atoms with van der Waals surface area (Å²) in [6.07, 6.45) is 1.34. The Hall–Kier alpha value is -3.72. The van der Waals surface area contributed by atoms with Gasteiger partial charge in [-0.1, -0.05) is 74.4 Å². The van der Waals surface area contributed by atoms with Crippen LogP contribution in [0.4, 0.5) is 0 Å². The summed E-state index contributed by atoms with van der Waals surface area (Å²) in [6, 6.07) is 20.4. The SMILES string of the molecule is CC(C)(C)c1cc2c3oc(cc3c1)Cc1cc(C(C)(C)C)cc3cc(oc13)-c1cc(C(C)(C)C)cc3cc(oc13)C2. The lowest BCUT2D eigenvalue weighted by atomic mass is 9.84. The van der Waals surface area contributed by atoms with Gasteiger partial charge in [0.2, 0.25) is 0 Å². The van der Waals surface area contributed by atoms with Gasteiger partial charge in [-0.3, -0.25) is 0 Å². The molecule has 4 heterocycles. The van der Waals surface area contributed by atoms with Gasteiger partial charge in [0.15, 0.2) is 0 Å². The molecular formula is C38H40O3. The summed E-state index contributed by atoms with van der Waals surface area (Å²) in [4.78, 5) is 0. The van der Waals surface area contributed by atoms with Crippen molar-refractivity contribution in [1.82, 2.24) is 0 Å². The van der Waals surface area contributed by atoms with Crippen molar-refractivity contribution in [1.29, 1.82) is 0 Å². The zero-order valence-corrected chi connectivity index (χ0v) is 25.8. The van der Waals surface area contributed by atoms with Crippen LogP contribution in [0.15, 0.2) is 67.8 Å². The van der Waals surface area contributed by atoms with Gasteiger partial charge in [-0.2, -0.15) is 0 Å². The van der Waals surface area contributed by atoms with E-state index >= 15 is 0 Å². The highest BCUT2D eigenvalue weighted by atomic mass is 16.4. The van der Waals surface area contributed by atoms with Crippen molar-refractivity contribution in [2.45, 2.75) is 91.4 Å². The molecule has 41 heavy (non-hydrogen) atoms. The number of hydrogen-bond acceptors (Lipinski definition) is 3. The summed E-state index contributed by atoms with van der Waals surface area (Å²) in [5, 5.41) is 3.37. The third-order valence-corrected chi connectivity index (χ3v) is 8.70. The van der Waals surface area contributed by atoms with Crippen LogP contribution in [0.1, 0.15) is 102 Å². The van der Waals surface area contributed by atoms with Crippen molar-refractivity contribution in [3.63, 3.8) is 0 Å². The molecule has 0 radical (unpaired) electrons. The van der Waals surface area contributed by atoms with Crippen molar-refractivity contribution >= 4 is 32.9 Å². The lowest BCUT2D eigenvalue weighted by molar-refractivity contribution is 0.540. The molecule has 3 heteroatoms. The van der Waals surface area contributed by atoms with Crippen molar-refractivity contribution in [2.75, 3.05) is 0 Å². The van der Waals surface area contributed by atoms with Gasteiger partial charge in [0.1, 0.15) is 34.0 Å². The molecule has 0 N–H and O–H groups in total. The van der Waals surface area contributed by atoms with Gasteiger partial charge in [0.05, 0.1) is 5.56 Å². The van der Waals surface area contributed by atoms with E-state index in [9.17, 15) is 0 Å². The Kier molecular flexibility index (Phi) is 5.37. The first-order valence-corrected chi connectivity index (χ1v) is 14.8. The van der Waals surface area contributed by atoms with Crippen LogP contribution >= 0.6 is 0 Å².